The van der Waals surface area contributed by atoms with E-state index in [1.807, 2.05) is 13.8 Å². The Morgan fingerprint density at radius 1 is 1.36 bits per heavy atom. The number of aryl methyl sites for hydroxylation is 1. The van der Waals surface area contributed by atoms with E-state index < -0.39 is 15.5 Å². The minimum absolute atomic E-state index is 0.0790. The Bertz CT molecular complexity index is 805. The third-order valence-corrected chi connectivity index (χ3v) is 4.74. The van der Waals surface area contributed by atoms with Crippen LogP contribution in [0.1, 0.15) is 38.3 Å². The van der Waals surface area contributed by atoms with Gasteiger partial charge >= 0.3 is 15.5 Å². The molecule has 1 aromatic rings. The predicted octanol–water partition coefficient (Wildman–Crippen LogP) is 5.80. The molecule has 0 saturated carbocycles. The fourth-order valence-electron chi connectivity index (χ4n) is 1.83. The van der Waals surface area contributed by atoms with E-state index in [-0.39, 0.29) is 17.9 Å². The fourth-order valence-corrected chi connectivity index (χ4v) is 2.77. The van der Waals surface area contributed by atoms with E-state index in [0.29, 0.717) is 17.0 Å². The molecule has 0 saturated heterocycles. The van der Waals surface area contributed by atoms with Crippen molar-refractivity contribution < 1.29 is 26.4 Å². The zero-order valence-electron chi connectivity index (χ0n) is 16.3. The number of rotatable bonds is 9. The van der Waals surface area contributed by atoms with E-state index in [0.717, 1.165) is 5.56 Å². The summed E-state index contributed by atoms with van der Waals surface area (Å²) in [7, 11) is -5.54. The zero-order valence-corrected chi connectivity index (χ0v) is 17.9. The lowest BCUT2D eigenvalue weighted by Gasteiger charge is -2.15. The molecule has 0 aliphatic heterocycles. The molecule has 0 amide bonds. The first-order chi connectivity index (χ1) is 13.0. The quantitative estimate of drug-likeness (QED) is 0.391. The van der Waals surface area contributed by atoms with Gasteiger partial charge in [0.05, 0.1) is 11.4 Å². The number of alkyl halides is 3. The van der Waals surface area contributed by atoms with E-state index in [4.69, 9.17) is 4.84 Å². The molecule has 0 aromatic heterocycles. The fraction of sp³-hybridized carbons (Fsp3) is 0.389. The molecular formula is C18H25F3N2O3S2. The van der Waals surface area contributed by atoms with E-state index in [1.54, 1.807) is 24.0 Å². The van der Waals surface area contributed by atoms with Crippen LogP contribution in [0.5, 0.6) is 0 Å². The second kappa shape index (κ2) is 11.8. The van der Waals surface area contributed by atoms with Gasteiger partial charge in [0.15, 0.2) is 0 Å². The van der Waals surface area contributed by atoms with Crippen molar-refractivity contribution >= 4 is 33.2 Å². The van der Waals surface area contributed by atoms with Crippen molar-refractivity contribution in [3.05, 3.63) is 52.8 Å². The summed E-state index contributed by atoms with van der Waals surface area (Å²) in [4.78, 5) is 5.81. The van der Waals surface area contributed by atoms with Crippen LogP contribution >= 0.6 is 11.8 Å². The second-order valence-corrected chi connectivity index (χ2v) is 7.91. The van der Waals surface area contributed by atoms with Crippen LogP contribution < -0.4 is 4.72 Å². The monoisotopic (exact) mass is 438 g/mol. The van der Waals surface area contributed by atoms with Crippen LogP contribution in [-0.2, 0) is 14.9 Å². The predicted molar refractivity (Wildman–Crippen MR) is 111 cm³/mol. The van der Waals surface area contributed by atoms with Crippen LogP contribution in [0.3, 0.4) is 0 Å². The minimum atomic E-state index is -5.54. The summed E-state index contributed by atoms with van der Waals surface area (Å²) in [5.74, 6) is 0. The normalized spacial score (nSPS) is 11.9. The molecule has 10 heteroatoms. The standard InChI is InChI=1S/C16H19F3N2O3S2.C2H6/c1-5-14(20-24-10-12(4)25-6-2)13-9-11(3)7-8-15(13)21-26(22,23)16(17,18)19;1-2/h6-9,21H,2,4-5,10H2,1,3H3;1-2H3/b20-14+;. The molecule has 28 heavy (non-hydrogen) atoms. The van der Waals surface area contributed by atoms with Gasteiger partial charge in [-0.15, -0.1) is 11.8 Å². The molecular weight excluding hydrogens is 413 g/mol. The van der Waals surface area contributed by atoms with Crippen LogP contribution in [-0.4, -0.2) is 26.2 Å². The molecule has 0 heterocycles. The molecule has 0 aliphatic rings. The SMILES string of the molecule is C=CSC(=C)CO/N=C(\CC)c1cc(C)ccc1NS(=O)(=O)C(F)(F)F.CC. The van der Waals surface area contributed by atoms with Gasteiger partial charge in [-0.1, -0.05) is 50.7 Å². The average molecular weight is 439 g/mol. The van der Waals surface area contributed by atoms with E-state index in [1.165, 1.54) is 30.0 Å². The maximum atomic E-state index is 12.7. The highest BCUT2D eigenvalue weighted by Crippen LogP contribution is 2.28. The smallest absolute Gasteiger partial charge is 0.390 e. The molecule has 0 unspecified atom stereocenters. The summed E-state index contributed by atoms with van der Waals surface area (Å²) in [5, 5.41) is 5.49. The third kappa shape index (κ3) is 7.97. The Kier molecular flexibility index (Phi) is 11.0. The lowest BCUT2D eigenvalue weighted by Crippen LogP contribution is -2.30. The van der Waals surface area contributed by atoms with Crippen LogP contribution in [0.25, 0.3) is 0 Å². The van der Waals surface area contributed by atoms with Crippen molar-refractivity contribution in [3.63, 3.8) is 0 Å². The molecule has 1 aromatic carbocycles. The second-order valence-electron chi connectivity index (χ2n) is 5.09. The van der Waals surface area contributed by atoms with Gasteiger partial charge in [0, 0.05) is 10.5 Å². The third-order valence-electron chi connectivity index (χ3n) is 3.02. The summed E-state index contributed by atoms with van der Waals surface area (Å²) in [5.41, 5.74) is -4.42. The van der Waals surface area contributed by atoms with Crippen LogP contribution in [0.15, 0.2) is 46.8 Å². The summed E-state index contributed by atoms with van der Waals surface area (Å²) in [6.07, 6.45) is 0.311. The lowest BCUT2D eigenvalue weighted by atomic mass is 10.0. The first-order valence-electron chi connectivity index (χ1n) is 8.36. The van der Waals surface area contributed by atoms with Gasteiger partial charge in [-0.3, -0.25) is 4.72 Å². The molecule has 0 spiro atoms. The van der Waals surface area contributed by atoms with Crippen molar-refractivity contribution in [2.24, 2.45) is 5.16 Å². The molecule has 5 nitrogen and oxygen atoms in total. The van der Waals surface area contributed by atoms with Crippen molar-refractivity contribution in [2.45, 2.75) is 39.6 Å². The summed E-state index contributed by atoms with van der Waals surface area (Å²) >= 11 is 1.26. The molecule has 0 aliphatic carbocycles. The number of hydrogen-bond donors (Lipinski definition) is 1. The molecule has 1 rings (SSSR count). The summed E-state index contributed by atoms with van der Waals surface area (Å²) in [6, 6.07) is 4.29. The highest BCUT2D eigenvalue weighted by atomic mass is 32.2. The van der Waals surface area contributed by atoms with Crippen LogP contribution in [0.4, 0.5) is 18.9 Å². The zero-order chi connectivity index (χ0) is 22.0. The molecule has 0 bridgehead atoms. The molecule has 0 fully saturated rings. The largest absolute Gasteiger partial charge is 0.516 e. The molecule has 1 N–H and O–H groups in total. The van der Waals surface area contributed by atoms with Crippen molar-refractivity contribution in [3.8, 4) is 0 Å². The van der Waals surface area contributed by atoms with Gasteiger partial charge in [0.1, 0.15) is 6.61 Å². The van der Waals surface area contributed by atoms with Gasteiger partial charge < -0.3 is 4.84 Å². The highest BCUT2D eigenvalue weighted by Gasteiger charge is 2.46. The Morgan fingerprint density at radius 2 is 1.96 bits per heavy atom. The number of oxime groups is 1. The number of anilines is 1. The maximum absolute atomic E-state index is 12.7. The van der Waals surface area contributed by atoms with Gasteiger partial charge in [-0.2, -0.15) is 21.6 Å². The van der Waals surface area contributed by atoms with E-state index >= 15 is 0 Å². The first-order valence-corrected chi connectivity index (χ1v) is 10.7. The average Bonchev–Trinajstić information content (AvgIpc) is 2.61. The highest BCUT2D eigenvalue weighted by molar-refractivity contribution is 8.05. The van der Waals surface area contributed by atoms with Crippen molar-refractivity contribution in [1.82, 2.24) is 0 Å². The van der Waals surface area contributed by atoms with Gasteiger partial charge in [0.25, 0.3) is 0 Å². The Morgan fingerprint density at radius 3 is 2.46 bits per heavy atom. The lowest BCUT2D eigenvalue weighted by molar-refractivity contribution is -0.0429. The van der Waals surface area contributed by atoms with Crippen LogP contribution in [0, 0.1) is 6.92 Å². The Hall–Kier alpha value is -1.94. The number of hydrogen-bond acceptors (Lipinski definition) is 5. The molecule has 0 atom stereocenters. The number of sulfonamides is 1. The van der Waals surface area contributed by atoms with E-state index in [2.05, 4.69) is 18.3 Å². The molecule has 0 radical (unpaired) electrons. The summed E-state index contributed by atoms with van der Waals surface area (Å²) in [6.45, 7) is 14.8. The van der Waals surface area contributed by atoms with Gasteiger partial charge in [-0.05, 0) is 30.9 Å². The maximum Gasteiger partial charge on any atom is 0.516 e. The summed E-state index contributed by atoms with van der Waals surface area (Å²) < 4.78 is 62.3. The van der Waals surface area contributed by atoms with Gasteiger partial charge in [-0.25, -0.2) is 0 Å². The first kappa shape index (κ1) is 26.1. The topological polar surface area (TPSA) is 67.8 Å². The number of benzene rings is 1. The Balaban J connectivity index is 0.00000352. The molecule has 158 valence electrons. The number of nitrogens with zero attached hydrogens (tertiary/aromatic N) is 1. The van der Waals surface area contributed by atoms with Gasteiger partial charge in [0.2, 0.25) is 0 Å². The Labute approximate surface area is 168 Å². The van der Waals surface area contributed by atoms with E-state index in [9.17, 15) is 21.6 Å². The van der Waals surface area contributed by atoms with Crippen LogP contribution in [0.2, 0.25) is 0 Å². The minimum Gasteiger partial charge on any atom is -0.390 e. The number of thioether (sulfide) groups is 1. The van der Waals surface area contributed by atoms with Crippen molar-refractivity contribution in [1.29, 1.82) is 0 Å². The number of nitrogens with one attached hydrogen (secondary N) is 1. The number of halogens is 3. The van der Waals surface area contributed by atoms with Crippen molar-refractivity contribution in [2.75, 3.05) is 11.3 Å².